The molecule has 9 rings (SSSR count). The first-order valence-electron chi connectivity index (χ1n) is 16.6. The van der Waals surface area contributed by atoms with Crippen LogP contribution in [0.3, 0.4) is 0 Å². The van der Waals surface area contributed by atoms with E-state index >= 15 is 0 Å². The molecule has 0 fully saturated rings. The highest BCUT2D eigenvalue weighted by Gasteiger charge is 2.48. The standard InChI is InChI=1S/C46H31N3/c1-3-16-32(17-4-1)43-30-44(33-18-5-2-6-19-33)49-45(48-43)38-24-10-14-28-42(38)46(39-25-11-7-21-35(39)34-20-15-29-47-31-34)40-26-12-8-22-36(40)37-23-9-13-27-41(37)46/h1-31H. The van der Waals surface area contributed by atoms with Crippen molar-refractivity contribution in [2.75, 3.05) is 0 Å². The molecule has 3 heteroatoms. The van der Waals surface area contributed by atoms with Crippen LogP contribution in [0.25, 0.3) is 56.2 Å². The lowest BCUT2D eigenvalue weighted by molar-refractivity contribution is 0.771. The minimum atomic E-state index is -0.671. The smallest absolute Gasteiger partial charge is 0.160 e. The normalized spacial score (nSPS) is 12.7. The first-order valence-corrected chi connectivity index (χ1v) is 16.6. The summed E-state index contributed by atoms with van der Waals surface area (Å²) < 4.78 is 0. The Hall–Kier alpha value is -6.45. The summed E-state index contributed by atoms with van der Waals surface area (Å²) in [5, 5.41) is 0. The van der Waals surface area contributed by atoms with Gasteiger partial charge in [0.1, 0.15) is 0 Å². The average molecular weight is 626 g/mol. The fourth-order valence-corrected chi connectivity index (χ4v) is 7.63. The Morgan fingerprint density at radius 1 is 0.347 bits per heavy atom. The number of fused-ring (bicyclic) bond motifs is 3. The zero-order valence-electron chi connectivity index (χ0n) is 26.7. The fraction of sp³-hybridized carbons (Fsp3) is 0.0217. The lowest BCUT2D eigenvalue weighted by Crippen LogP contribution is -2.30. The summed E-state index contributed by atoms with van der Waals surface area (Å²) in [6.07, 6.45) is 3.79. The molecular formula is C46H31N3. The lowest BCUT2D eigenvalue weighted by atomic mass is 9.64. The molecular weight excluding hydrogens is 595 g/mol. The number of pyridine rings is 1. The Morgan fingerprint density at radius 2 is 0.755 bits per heavy atom. The first-order chi connectivity index (χ1) is 24.3. The molecule has 0 spiro atoms. The van der Waals surface area contributed by atoms with E-state index in [0.29, 0.717) is 5.82 Å². The summed E-state index contributed by atoms with van der Waals surface area (Å²) in [6, 6.07) is 62.2. The van der Waals surface area contributed by atoms with Crippen LogP contribution in [-0.2, 0) is 5.41 Å². The van der Waals surface area contributed by atoms with Crippen molar-refractivity contribution in [2.24, 2.45) is 0 Å². The third kappa shape index (κ3) is 4.70. The van der Waals surface area contributed by atoms with Gasteiger partial charge in [0.05, 0.1) is 16.8 Å². The molecule has 2 aromatic heterocycles. The Labute approximate surface area is 286 Å². The highest BCUT2D eigenvalue weighted by Crippen LogP contribution is 2.59. The molecule has 0 N–H and O–H groups in total. The molecule has 0 saturated heterocycles. The summed E-state index contributed by atoms with van der Waals surface area (Å²) in [5.74, 6) is 0.691. The topological polar surface area (TPSA) is 38.7 Å². The van der Waals surface area contributed by atoms with E-state index in [2.05, 4.69) is 163 Å². The molecule has 2 heterocycles. The van der Waals surface area contributed by atoms with Gasteiger partial charge in [-0.2, -0.15) is 0 Å². The number of rotatable bonds is 6. The quantitative estimate of drug-likeness (QED) is 0.185. The molecule has 6 aromatic carbocycles. The van der Waals surface area contributed by atoms with Gasteiger partial charge in [0.2, 0.25) is 0 Å². The van der Waals surface area contributed by atoms with E-state index in [0.717, 1.165) is 44.8 Å². The molecule has 230 valence electrons. The second kappa shape index (κ2) is 12.0. The number of benzene rings is 6. The lowest BCUT2D eigenvalue weighted by Gasteiger charge is -2.36. The largest absolute Gasteiger partial charge is 0.264 e. The summed E-state index contributed by atoms with van der Waals surface area (Å²) in [7, 11) is 0. The highest BCUT2D eigenvalue weighted by molar-refractivity contribution is 5.91. The third-order valence-corrected chi connectivity index (χ3v) is 9.69. The number of aromatic nitrogens is 3. The zero-order valence-corrected chi connectivity index (χ0v) is 26.7. The van der Waals surface area contributed by atoms with E-state index in [1.807, 2.05) is 30.6 Å². The predicted octanol–water partition coefficient (Wildman–Crippen LogP) is 10.9. The Bertz CT molecular complexity index is 2330. The van der Waals surface area contributed by atoms with Crippen LogP contribution in [0.2, 0.25) is 0 Å². The van der Waals surface area contributed by atoms with Crippen LogP contribution in [0.15, 0.2) is 188 Å². The van der Waals surface area contributed by atoms with Gasteiger partial charge >= 0.3 is 0 Å². The van der Waals surface area contributed by atoms with Gasteiger partial charge in [-0.1, -0.05) is 164 Å². The van der Waals surface area contributed by atoms with Gasteiger partial charge in [-0.15, -0.1) is 0 Å². The predicted molar refractivity (Wildman–Crippen MR) is 199 cm³/mol. The Morgan fingerprint density at radius 3 is 1.27 bits per heavy atom. The van der Waals surface area contributed by atoms with Crippen LogP contribution < -0.4 is 0 Å². The van der Waals surface area contributed by atoms with Gasteiger partial charge < -0.3 is 0 Å². The molecule has 0 aliphatic heterocycles. The van der Waals surface area contributed by atoms with Crippen molar-refractivity contribution >= 4 is 0 Å². The maximum absolute atomic E-state index is 5.33. The van der Waals surface area contributed by atoms with Crippen LogP contribution in [0, 0.1) is 0 Å². The highest BCUT2D eigenvalue weighted by atomic mass is 14.9. The van der Waals surface area contributed by atoms with Crippen molar-refractivity contribution in [1.29, 1.82) is 0 Å². The van der Waals surface area contributed by atoms with E-state index in [-0.39, 0.29) is 0 Å². The van der Waals surface area contributed by atoms with Gasteiger partial charge in [-0.25, -0.2) is 9.97 Å². The minimum Gasteiger partial charge on any atom is -0.264 e. The monoisotopic (exact) mass is 625 g/mol. The van der Waals surface area contributed by atoms with Gasteiger partial charge in [-0.3, -0.25) is 4.98 Å². The average Bonchev–Trinajstić information content (AvgIpc) is 3.49. The number of hydrogen-bond acceptors (Lipinski definition) is 3. The van der Waals surface area contributed by atoms with Crippen LogP contribution in [-0.4, -0.2) is 15.0 Å². The third-order valence-electron chi connectivity index (χ3n) is 9.69. The maximum Gasteiger partial charge on any atom is 0.160 e. The van der Waals surface area contributed by atoms with Gasteiger partial charge in [-0.05, 0) is 51.1 Å². The molecule has 1 aliphatic carbocycles. The molecule has 0 atom stereocenters. The Balaban J connectivity index is 1.40. The van der Waals surface area contributed by atoms with Crippen molar-refractivity contribution in [3.05, 3.63) is 211 Å². The molecule has 1 aliphatic rings. The fourth-order valence-electron chi connectivity index (χ4n) is 7.63. The van der Waals surface area contributed by atoms with E-state index in [1.54, 1.807) is 0 Å². The molecule has 0 unspecified atom stereocenters. The van der Waals surface area contributed by atoms with Crippen molar-refractivity contribution in [1.82, 2.24) is 15.0 Å². The van der Waals surface area contributed by atoms with E-state index in [9.17, 15) is 0 Å². The summed E-state index contributed by atoms with van der Waals surface area (Å²) in [5.41, 5.74) is 13.7. The number of hydrogen-bond donors (Lipinski definition) is 0. The Kier molecular flexibility index (Phi) is 7.02. The van der Waals surface area contributed by atoms with Crippen LogP contribution in [0.1, 0.15) is 22.3 Å². The van der Waals surface area contributed by atoms with Gasteiger partial charge in [0, 0.05) is 34.6 Å². The number of nitrogens with zero attached hydrogens (tertiary/aromatic N) is 3. The second-order valence-corrected chi connectivity index (χ2v) is 12.4. The van der Waals surface area contributed by atoms with Crippen LogP contribution in [0.4, 0.5) is 0 Å². The minimum absolute atomic E-state index is 0.671. The van der Waals surface area contributed by atoms with E-state index in [1.165, 1.54) is 27.8 Å². The molecule has 49 heavy (non-hydrogen) atoms. The molecule has 0 saturated carbocycles. The van der Waals surface area contributed by atoms with Crippen LogP contribution in [0.5, 0.6) is 0 Å². The van der Waals surface area contributed by atoms with Crippen molar-refractivity contribution < 1.29 is 0 Å². The second-order valence-electron chi connectivity index (χ2n) is 12.4. The summed E-state index contributed by atoms with van der Waals surface area (Å²) in [6.45, 7) is 0. The molecule has 3 nitrogen and oxygen atoms in total. The molecule has 8 aromatic rings. The first kappa shape index (κ1) is 28.7. The van der Waals surface area contributed by atoms with E-state index in [4.69, 9.17) is 9.97 Å². The zero-order chi connectivity index (χ0) is 32.6. The maximum atomic E-state index is 5.33. The van der Waals surface area contributed by atoms with Gasteiger partial charge in [0.25, 0.3) is 0 Å². The van der Waals surface area contributed by atoms with Crippen LogP contribution >= 0.6 is 0 Å². The van der Waals surface area contributed by atoms with Crippen molar-refractivity contribution in [3.63, 3.8) is 0 Å². The summed E-state index contributed by atoms with van der Waals surface area (Å²) >= 11 is 0. The van der Waals surface area contributed by atoms with Crippen molar-refractivity contribution in [2.45, 2.75) is 5.41 Å². The summed E-state index contributed by atoms with van der Waals surface area (Å²) in [4.78, 5) is 15.2. The molecule has 0 amide bonds. The SMILES string of the molecule is c1ccc(-c2cc(-c3ccccc3)nc(-c3ccccc3C3(c4ccccc4-c4cccnc4)c4ccccc4-c4ccccc43)n2)cc1. The molecule has 0 bridgehead atoms. The molecule has 0 radical (unpaired) electrons. The van der Waals surface area contributed by atoms with Crippen molar-refractivity contribution in [3.8, 4) is 56.2 Å². The van der Waals surface area contributed by atoms with Gasteiger partial charge in [0.15, 0.2) is 5.82 Å². The van der Waals surface area contributed by atoms with E-state index < -0.39 is 5.41 Å².